The fourth-order valence-corrected chi connectivity index (χ4v) is 1.41. The van der Waals surface area contributed by atoms with E-state index >= 15 is 0 Å². The van der Waals surface area contributed by atoms with Gasteiger partial charge in [-0.15, -0.1) is 0 Å². The average Bonchev–Trinajstić information content (AvgIpc) is 2.67. The molecule has 0 radical (unpaired) electrons. The zero-order valence-electron chi connectivity index (χ0n) is 8.97. The Balaban J connectivity index is 1.92. The zero-order valence-corrected chi connectivity index (χ0v) is 8.97. The highest BCUT2D eigenvalue weighted by Crippen LogP contribution is 1.96. The molecular formula is C10H13N5O. The van der Waals surface area contributed by atoms with Gasteiger partial charge in [0.1, 0.15) is 5.82 Å². The van der Waals surface area contributed by atoms with E-state index in [1.807, 2.05) is 17.8 Å². The number of H-pyrrole nitrogens is 1. The quantitative estimate of drug-likeness (QED) is 0.768. The van der Waals surface area contributed by atoms with E-state index in [9.17, 15) is 4.79 Å². The molecule has 0 aliphatic heterocycles. The Kier molecular flexibility index (Phi) is 3.00. The second kappa shape index (κ2) is 4.61. The second-order valence-electron chi connectivity index (χ2n) is 3.40. The number of nitrogens with zero attached hydrogens (tertiary/aromatic N) is 3. The number of aromatic nitrogens is 4. The van der Waals surface area contributed by atoms with Gasteiger partial charge in [-0.2, -0.15) is 0 Å². The van der Waals surface area contributed by atoms with Crippen LogP contribution in [0.25, 0.3) is 0 Å². The molecule has 0 aliphatic carbocycles. The number of rotatable bonds is 4. The molecule has 0 saturated carbocycles. The van der Waals surface area contributed by atoms with Crippen LogP contribution in [-0.4, -0.2) is 26.1 Å². The van der Waals surface area contributed by atoms with Crippen LogP contribution in [0, 0.1) is 0 Å². The third-order valence-electron chi connectivity index (χ3n) is 2.27. The first-order chi connectivity index (χ1) is 7.77. The molecule has 2 N–H and O–H groups in total. The highest BCUT2D eigenvalue weighted by molar-refractivity contribution is 5.29. The average molecular weight is 219 g/mol. The van der Waals surface area contributed by atoms with Crippen LogP contribution in [-0.2, 0) is 13.5 Å². The number of nitrogens with one attached hydrogen (secondary N) is 2. The van der Waals surface area contributed by atoms with E-state index in [2.05, 4.69) is 20.3 Å². The molecule has 0 saturated heterocycles. The van der Waals surface area contributed by atoms with Gasteiger partial charge in [0.25, 0.3) is 5.56 Å². The fraction of sp³-hybridized carbons (Fsp3) is 0.300. The molecule has 2 aromatic rings. The minimum Gasteiger partial charge on any atom is -0.365 e. The molecule has 0 aromatic carbocycles. The van der Waals surface area contributed by atoms with Crippen LogP contribution in [0.2, 0.25) is 0 Å². The van der Waals surface area contributed by atoms with Gasteiger partial charge in [0.2, 0.25) is 0 Å². The topological polar surface area (TPSA) is 75.6 Å². The number of imidazole rings is 1. The maximum atomic E-state index is 11.3. The molecule has 0 fully saturated rings. The molecule has 0 unspecified atom stereocenters. The normalized spacial score (nSPS) is 10.3. The number of aryl methyl sites for hydroxylation is 1. The minimum atomic E-state index is -0.206. The molecule has 6 heteroatoms. The van der Waals surface area contributed by atoms with Crippen molar-refractivity contribution in [2.75, 3.05) is 11.9 Å². The lowest BCUT2D eigenvalue weighted by atomic mass is 10.4. The highest BCUT2D eigenvalue weighted by Gasteiger charge is 2.01. The van der Waals surface area contributed by atoms with Crippen LogP contribution < -0.4 is 10.9 Å². The monoisotopic (exact) mass is 219 g/mol. The first kappa shape index (κ1) is 10.4. The van der Waals surface area contributed by atoms with Gasteiger partial charge in [0.05, 0.1) is 0 Å². The number of anilines is 1. The fourth-order valence-electron chi connectivity index (χ4n) is 1.41. The lowest BCUT2D eigenvalue weighted by Gasteiger charge is -2.04. The van der Waals surface area contributed by atoms with E-state index in [4.69, 9.17) is 0 Å². The predicted octanol–water partition coefficient (Wildman–Crippen LogP) is 0.158. The van der Waals surface area contributed by atoms with E-state index in [-0.39, 0.29) is 5.56 Å². The molecule has 6 nitrogen and oxygen atoms in total. The molecule has 2 rings (SSSR count). The van der Waals surface area contributed by atoms with Crippen molar-refractivity contribution in [3.63, 3.8) is 0 Å². The molecule has 0 aliphatic rings. The van der Waals surface area contributed by atoms with Crippen molar-refractivity contribution in [1.29, 1.82) is 0 Å². The molecular weight excluding hydrogens is 206 g/mol. The van der Waals surface area contributed by atoms with Gasteiger partial charge in [0, 0.05) is 44.8 Å². The summed E-state index contributed by atoms with van der Waals surface area (Å²) >= 11 is 0. The molecule has 0 amide bonds. The molecule has 0 atom stereocenters. The van der Waals surface area contributed by atoms with Crippen molar-refractivity contribution in [3.05, 3.63) is 41.0 Å². The lowest BCUT2D eigenvalue weighted by molar-refractivity contribution is 0.787. The Hall–Kier alpha value is -2.11. The summed E-state index contributed by atoms with van der Waals surface area (Å²) in [4.78, 5) is 22.0. The third kappa shape index (κ3) is 2.28. The van der Waals surface area contributed by atoms with Crippen LogP contribution in [0.5, 0.6) is 0 Å². The summed E-state index contributed by atoms with van der Waals surface area (Å²) in [6, 6.07) is 0. The van der Waals surface area contributed by atoms with Gasteiger partial charge in [-0.05, 0) is 0 Å². The van der Waals surface area contributed by atoms with Gasteiger partial charge in [-0.25, -0.2) is 9.97 Å². The number of hydrogen-bond donors (Lipinski definition) is 2. The minimum absolute atomic E-state index is 0.206. The smallest absolute Gasteiger partial charge is 0.290 e. The lowest BCUT2D eigenvalue weighted by Crippen LogP contribution is -2.17. The van der Waals surface area contributed by atoms with Crippen molar-refractivity contribution >= 4 is 5.82 Å². The maximum Gasteiger partial charge on any atom is 0.290 e. The molecule has 84 valence electrons. The van der Waals surface area contributed by atoms with Gasteiger partial charge >= 0.3 is 0 Å². The number of aromatic amines is 1. The van der Waals surface area contributed by atoms with Crippen molar-refractivity contribution < 1.29 is 0 Å². The summed E-state index contributed by atoms with van der Waals surface area (Å²) in [7, 11) is 1.94. The van der Waals surface area contributed by atoms with Crippen LogP contribution in [0.1, 0.15) is 5.82 Å². The van der Waals surface area contributed by atoms with E-state index in [1.54, 1.807) is 12.4 Å². The van der Waals surface area contributed by atoms with E-state index in [0.717, 1.165) is 12.2 Å². The number of hydrogen-bond acceptors (Lipinski definition) is 4. The Morgan fingerprint density at radius 1 is 1.44 bits per heavy atom. The van der Waals surface area contributed by atoms with Crippen molar-refractivity contribution in [3.8, 4) is 0 Å². The zero-order chi connectivity index (χ0) is 11.4. The van der Waals surface area contributed by atoms with Crippen LogP contribution in [0.15, 0.2) is 29.6 Å². The van der Waals surface area contributed by atoms with E-state index < -0.39 is 0 Å². The SMILES string of the molecule is Cn1ccnc1CCNc1ncc[nH]c1=O. The summed E-state index contributed by atoms with van der Waals surface area (Å²) in [6.07, 6.45) is 7.45. The van der Waals surface area contributed by atoms with Crippen molar-refractivity contribution in [1.82, 2.24) is 19.5 Å². The molecule has 0 spiro atoms. The van der Waals surface area contributed by atoms with Gasteiger partial charge in [-0.1, -0.05) is 0 Å². The first-order valence-electron chi connectivity index (χ1n) is 5.01. The van der Waals surface area contributed by atoms with Crippen molar-refractivity contribution in [2.24, 2.45) is 7.05 Å². The molecule has 16 heavy (non-hydrogen) atoms. The summed E-state index contributed by atoms with van der Waals surface area (Å²) in [5, 5.41) is 2.97. The van der Waals surface area contributed by atoms with E-state index in [0.29, 0.717) is 12.4 Å². The van der Waals surface area contributed by atoms with E-state index in [1.165, 1.54) is 6.20 Å². The Morgan fingerprint density at radius 2 is 2.31 bits per heavy atom. The maximum absolute atomic E-state index is 11.3. The van der Waals surface area contributed by atoms with Crippen LogP contribution >= 0.6 is 0 Å². The van der Waals surface area contributed by atoms with Gasteiger partial charge in [0.15, 0.2) is 5.82 Å². The Labute approximate surface area is 92.4 Å². The second-order valence-corrected chi connectivity index (χ2v) is 3.40. The van der Waals surface area contributed by atoms with Gasteiger partial charge < -0.3 is 14.9 Å². The van der Waals surface area contributed by atoms with Gasteiger partial charge in [-0.3, -0.25) is 4.79 Å². The van der Waals surface area contributed by atoms with Crippen LogP contribution in [0.4, 0.5) is 5.82 Å². The largest absolute Gasteiger partial charge is 0.365 e. The highest BCUT2D eigenvalue weighted by atomic mass is 16.1. The molecule has 2 aromatic heterocycles. The van der Waals surface area contributed by atoms with Crippen LogP contribution in [0.3, 0.4) is 0 Å². The Morgan fingerprint density at radius 3 is 3.00 bits per heavy atom. The summed E-state index contributed by atoms with van der Waals surface area (Å²) in [6.45, 7) is 0.630. The summed E-state index contributed by atoms with van der Waals surface area (Å²) in [5.74, 6) is 1.32. The molecule has 0 bridgehead atoms. The summed E-state index contributed by atoms with van der Waals surface area (Å²) in [5.41, 5.74) is -0.206. The summed E-state index contributed by atoms with van der Waals surface area (Å²) < 4.78 is 1.95. The predicted molar refractivity (Wildman–Crippen MR) is 60.3 cm³/mol. The molecule has 2 heterocycles. The van der Waals surface area contributed by atoms with Crippen molar-refractivity contribution in [2.45, 2.75) is 6.42 Å². The first-order valence-corrected chi connectivity index (χ1v) is 5.01. The third-order valence-corrected chi connectivity index (χ3v) is 2.27. The Bertz CT molecular complexity index is 516. The standard InChI is InChI=1S/C10H13N5O/c1-15-7-6-11-8(15)2-3-12-9-10(16)14-5-4-13-9/h4-7H,2-3H2,1H3,(H,12,13)(H,14,16).